The van der Waals surface area contributed by atoms with Crippen molar-refractivity contribution < 1.29 is 14.3 Å². The number of anilines is 2. The van der Waals surface area contributed by atoms with E-state index in [1.54, 1.807) is 15.6 Å². The second-order valence-corrected chi connectivity index (χ2v) is 7.68. The molecular formula is C22H25N7O3. The first-order valence-electron chi connectivity index (χ1n) is 10.8. The molecule has 0 aliphatic carbocycles. The van der Waals surface area contributed by atoms with Crippen molar-refractivity contribution in [2.75, 3.05) is 49.6 Å². The summed E-state index contributed by atoms with van der Waals surface area (Å²) in [6, 6.07) is 13.5. The fourth-order valence-electron chi connectivity index (χ4n) is 3.89. The van der Waals surface area contributed by atoms with Gasteiger partial charge in [0, 0.05) is 37.9 Å². The minimum Gasteiger partial charge on any atom is -0.486 e. The number of fused-ring (bicyclic) bond motifs is 1. The van der Waals surface area contributed by atoms with Crippen molar-refractivity contribution in [1.82, 2.24) is 25.1 Å². The largest absolute Gasteiger partial charge is 0.486 e. The van der Waals surface area contributed by atoms with Gasteiger partial charge in [-0.25, -0.2) is 4.79 Å². The monoisotopic (exact) mass is 435 g/mol. The Kier molecular flexibility index (Phi) is 5.49. The Bertz CT molecular complexity index is 1110. The van der Waals surface area contributed by atoms with Crippen molar-refractivity contribution in [3.63, 3.8) is 0 Å². The fourth-order valence-corrected chi connectivity index (χ4v) is 3.89. The van der Waals surface area contributed by atoms with E-state index in [0.29, 0.717) is 62.5 Å². The molecule has 3 heterocycles. The van der Waals surface area contributed by atoms with Crippen LogP contribution in [0.5, 0.6) is 11.5 Å². The Labute approximate surface area is 185 Å². The van der Waals surface area contributed by atoms with E-state index in [4.69, 9.17) is 9.47 Å². The number of hydrogen-bond donors (Lipinski definition) is 1. The highest BCUT2D eigenvalue weighted by Gasteiger charge is 2.25. The summed E-state index contributed by atoms with van der Waals surface area (Å²) in [6.45, 7) is 5.58. The highest BCUT2D eigenvalue weighted by molar-refractivity contribution is 5.90. The van der Waals surface area contributed by atoms with Crippen LogP contribution in [-0.2, 0) is 6.42 Å². The van der Waals surface area contributed by atoms with Gasteiger partial charge in [0.05, 0.1) is 5.69 Å². The second kappa shape index (κ2) is 8.74. The van der Waals surface area contributed by atoms with Gasteiger partial charge in [0.15, 0.2) is 11.5 Å². The third-order valence-electron chi connectivity index (χ3n) is 5.66. The van der Waals surface area contributed by atoms with E-state index in [1.807, 2.05) is 24.3 Å². The van der Waals surface area contributed by atoms with Crippen molar-refractivity contribution in [3.05, 3.63) is 48.0 Å². The molecule has 1 aromatic heterocycles. The first-order valence-corrected chi connectivity index (χ1v) is 10.8. The summed E-state index contributed by atoms with van der Waals surface area (Å²) in [5.74, 6) is 2.04. The predicted molar refractivity (Wildman–Crippen MR) is 119 cm³/mol. The van der Waals surface area contributed by atoms with Gasteiger partial charge < -0.3 is 24.6 Å². The quantitative estimate of drug-likeness (QED) is 0.672. The number of hydrogen-bond acceptors (Lipinski definition) is 7. The number of aryl methyl sites for hydroxylation is 1. The van der Waals surface area contributed by atoms with Crippen molar-refractivity contribution in [3.8, 4) is 17.2 Å². The zero-order chi connectivity index (χ0) is 21.9. The summed E-state index contributed by atoms with van der Waals surface area (Å²) in [4.78, 5) is 16.7. The van der Waals surface area contributed by atoms with Crippen LogP contribution in [0.2, 0.25) is 0 Å². The van der Waals surface area contributed by atoms with Gasteiger partial charge in [-0.2, -0.15) is 4.68 Å². The SMILES string of the molecule is CCc1cccc(-n2nnnc2N2CCN(C(=O)Nc3ccc4c(c3)OCCO4)CC2)c1. The second-order valence-electron chi connectivity index (χ2n) is 7.68. The number of carbonyl (C=O) groups is 1. The molecule has 2 aliphatic rings. The van der Waals surface area contributed by atoms with Crippen LogP contribution in [0.1, 0.15) is 12.5 Å². The van der Waals surface area contributed by atoms with Crippen LogP contribution < -0.4 is 19.7 Å². The number of carbonyl (C=O) groups excluding carboxylic acids is 1. The normalized spacial score (nSPS) is 15.5. The number of benzene rings is 2. The molecule has 0 atom stereocenters. The number of tetrazole rings is 1. The molecule has 10 heteroatoms. The molecule has 32 heavy (non-hydrogen) atoms. The molecule has 1 N–H and O–H groups in total. The van der Waals surface area contributed by atoms with Crippen molar-refractivity contribution in [2.45, 2.75) is 13.3 Å². The van der Waals surface area contributed by atoms with Gasteiger partial charge in [0.1, 0.15) is 13.2 Å². The summed E-state index contributed by atoms with van der Waals surface area (Å²) in [5, 5.41) is 15.2. The minimum atomic E-state index is -0.142. The lowest BCUT2D eigenvalue weighted by molar-refractivity contribution is 0.171. The summed E-state index contributed by atoms with van der Waals surface area (Å²) < 4.78 is 12.9. The lowest BCUT2D eigenvalue weighted by atomic mass is 10.1. The van der Waals surface area contributed by atoms with Crippen LogP contribution in [0.3, 0.4) is 0 Å². The highest BCUT2D eigenvalue weighted by Crippen LogP contribution is 2.32. The summed E-state index contributed by atoms with van der Waals surface area (Å²) in [6.07, 6.45) is 0.947. The van der Waals surface area contributed by atoms with E-state index in [2.05, 4.69) is 44.8 Å². The summed E-state index contributed by atoms with van der Waals surface area (Å²) in [5.41, 5.74) is 2.84. The van der Waals surface area contributed by atoms with E-state index >= 15 is 0 Å². The van der Waals surface area contributed by atoms with Gasteiger partial charge >= 0.3 is 6.03 Å². The zero-order valence-electron chi connectivity index (χ0n) is 17.9. The number of ether oxygens (including phenoxy) is 2. The number of amides is 2. The fraction of sp³-hybridized carbons (Fsp3) is 0.364. The number of piperazine rings is 1. The van der Waals surface area contributed by atoms with Crippen LogP contribution in [0.4, 0.5) is 16.4 Å². The maximum Gasteiger partial charge on any atom is 0.321 e. The number of nitrogens with one attached hydrogen (secondary N) is 1. The number of nitrogens with zero attached hydrogens (tertiary/aromatic N) is 6. The molecule has 166 valence electrons. The van der Waals surface area contributed by atoms with E-state index in [1.165, 1.54) is 5.56 Å². The van der Waals surface area contributed by atoms with Crippen LogP contribution in [0.25, 0.3) is 5.69 Å². The summed E-state index contributed by atoms with van der Waals surface area (Å²) >= 11 is 0. The van der Waals surface area contributed by atoms with E-state index in [-0.39, 0.29) is 6.03 Å². The lowest BCUT2D eigenvalue weighted by Gasteiger charge is -2.34. The van der Waals surface area contributed by atoms with Crippen molar-refractivity contribution >= 4 is 17.7 Å². The molecule has 1 saturated heterocycles. The third-order valence-corrected chi connectivity index (χ3v) is 5.66. The molecule has 5 rings (SSSR count). The first-order chi connectivity index (χ1) is 15.7. The highest BCUT2D eigenvalue weighted by atomic mass is 16.6. The van der Waals surface area contributed by atoms with Crippen LogP contribution in [0, 0.1) is 0 Å². The molecule has 0 bridgehead atoms. The molecule has 10 nitrogen and oxygen atoms in total. The molecule has 0 spiro atoms. The van der Waals surface area contributed by atoms with Crippen LogP contribution in [0.15, 0.2) is 42.5 Å². The Morgan fingerprint density at radius 1 is 1.03 bits per heavy atom. The number of urea groups is 1. The standard InChI is InChI=1S/C22H25N7O3/c1-2-16-4-3-5-18(14-16)29-21(24-25-26-29)27-8-10-28(11-9-27)22(30)23-17-6-7-19-20(15-17)32-13-12-31-19/h3-7,14-15H,2,8-13H2,1H3,(H,23,30). The van der Waals surface area contributed by atoms with Gasteiger partial charge in [0.2, 0.25) is 5.95 Å². The smallest absolute Gasteiger partial charge is 0.321 e. The third kappa shape index (κ3) is 4.03. The predicted octanol–water partition coefficient (Wildman–Crippen LogP) is 2.35. The maximum atomic E-state index is 12.8. The van der Waals surface area contributed by atoms with Crippen molar-refractivity contribution in [2.24, 2.45) is 0 Å². The van der Waals surface area contributed by atoms with Crippen molar-refractivity contribution in [1.29, 1.82) is 0 Å². The number of rotatable bonds is 4. The van der Waals surface area contributed by atoms with Gasteiger partial charge in [0.25, 0.3) is 0 Å². The molecule has 0 saturated carbocycles. The Hall–Kier alpha value is -3.82. The minimum absolute atomic E-state index is 0.142. The van der Waals surface area contributed by atoms with Gasteiger partial charge in [-0.1, -0.05) is 24.2 Å². The molecule has 3 aromatic rings. The Balaban J connectivity index is 1.22. The van der Waals surface area contributed by atoms with Gasteiger partial charge in [-0.15, -0.1) is 0 Å². The summed E-state index contributed by atoms with van der Waals surface area (Å²) in [7, 11) is 0. The van der Waals surface area contributed by atoms with Crippen LogP contribution in [-0.4, -0.2) is 70.5 Å². The Morgan fingerprint density at radius 2 is 1.84 bits per heavy atom. The average molecular weight is 435 g/mol. The van der Waals surface area contributed by atoms with Crippen LogP contribution >= 0.6 is 0 Å². The molecule has 2 amide bonds. The molecule has 2 aromatic carbocycles. The van der Waals surface area contributed by atoms with Gasteiger partial charge in [-0.3, -0.25) is 0 Å². The van der Waals surface area contributed by atoms with E-state index in [0.717, 1.165) is 12.1 Å². The first kappa shape index (κ1) is 20.1. The number of aromatic nitrogens is 4. The average Bonchev–Trinajstić information content (AvgIpc) is 3.34. The van der Waals surface area contributed by atoms with E-state index in [9.17, 15) is 4.79 Å². The molecule has 2 aliphatic heterocycles. The molecule has 1 fully saturated rings. The maximum absolute atomic E-state index is 12.8. The zero-order valence-corrected chi connectivity index (χ0v) is 17.9. The van der Waals surface area contributed by atoms with E-state index < -0.39 is 0 Å². The topological polar surface area (TPSA) is 97.6 Å². The Morgan fingerprint density at radius 3 is 2.66 bits per heavy atom. The molecular weight excluding hydrogens is 410 g/mol. The molecule has 0 unspecified atom stereocenters. The van der Waals surface area contributed by atoms with Gasteiger partial charge in [-0.05, 0) is 46.7 Å². The lowest BCUT2D eigenvalue weighted by Crippen LogP contribution is -2.50. The molecule has 0 radical (unpaired) electrons.